The zero-order valence-corrected chi connectivity index (χ0v) is 14.9. The molecule has 8 heteroatoms. The number of ether oxygens (including phenoxy) is 2. The molecule has 0 aliphatic heterocycles. The number of benzene rings is 1. The van der Waals surface area contributed by atoms with E-state index < -0.39 is 18.5 Å². The number of amides is 1. The summed E-state index contributed by atoms with van der Waals surface area (Å²) in [5.74, 6) is -0.371. The average molecular weight is 383 g/mol. The number of hydrogen-bond acceptors (Lipinski definition) is 5. The van der Waals surface area contributed by atoms with Gasteiger partial charge in [-0.05, 0) is 36.8 Å². The van der Waals surface area contributed by atoms with Crippen molar-refractivity contribution >= 4 is 40.9 Å². The van der Waals surface area contributed by atoms with E-state index in [1.165, 1.54) is 12.3 Å². The normalized spacial score (nSPS) is 10.2. The van der Waals surface area contributed by atoms with Crippen LogP contribution in [0.4, 0.5) is 5.82 Å². The van der Waals surface area contributed by atoms with Crippen LogP contribution in [0, 0.1) is 0 Å². The van der Waals surface area contributed by atoms with Crippen LogP contribution >= 0.6 is 23.2 Å². The molecule has 0 aliphatic carbocycles. The monoisotopic (exact) mass is 382 g/mol. The lowest BCUT2D eigenvalue weighted by Gasteiger charge is -2.08. The first-order chi connectivity index (χ1) is 12.0. The Hall–Kier alpha value is -2.31. The van der Waals surface area contributed by atoms with Gasteiger partial charge in [0.2, 0.25) is 0 Å². The molecule has 0 saturated heterocycles. The number of rotatable bonds is 7. The molecule has 0 spiro atoms. The van der Waals surface area contributed by atoms with Crippen molar-refractivity contribution in [2.75, 3.05) is 18.5 Å². The Morgan fingerprint density at radius 3 is 2.56 bits per heavy atom. The summed E-state index contributed by atoms with van der Waals surface area (Å²) in [6.45, 7) is 2.14. The van der Waals surface area contributed by atoms with Gasteiger partial charge in [0.25, 0.3) is 5.91 Å². The van der Waals surface area contributed by atoms with E-state index in [0.717, 1.165) is 6.42 Å². The molecule has 1 aromatic heterocycles. The summed E-state index contributed by atoms with van der Waals surface area (Å²) >= 11 is 11.6. The standard InChI is InChI=1S/C17H16Cl2N2O4/c1-2-7-24-13-5-3-11(4-6-13)17(23)25-10-15(22)21-16-14(19)8-12(18)9-20-16/h3-6,8-9H,2,7,10H2,1H3,(H,20,21,22). The zero-order chi connectivity index (χ0) is 18.2. The number of nitrogens with zero attached hydrogens (tertiary/aromatic N) is 1. The van der Waals surface area contributed by atoms with Gasteiger partial charge in [0, 0.05) is 6.20 Å². The van der Waals surface area contributed by atoms with Gasteiger partial charge in [0.05, 0.1) is 22.2 Å². The van der Waals surface area contributed by atoms with E-state index in [-0.39, 0.29) is 10.8 Å². The van der Waals surface area contributed by atoms with Gasteiger partial charge in [-0.15, -0.1) is 0 Å². The van der Waals surface area contributed by atoms with Crippen LogP contribution in [-0.2, 0) is 9.53 Å². The van der Waals surface area contributed by atoms with Gasteiger partial charge >= 0.3 is 5.97 Å². The van der Waals surface area contributed by atoms with Crippen molar-refractivity contribution in [2.24, 2.45) is 0 Å². The van der Waals surface area contributed by atoms with Crippen molar-refractivity contribution in [1.29, 1.82) is 0 Å². The summed E-state index contributed by atoms with van der Waals surface area (Å²) in [4.78, 5) is 27.6. The van der Waals surface area contributed by atoms with Gasteiger partial charge in [-0.1, -0.05) is 30.1 Å². The molecule has 25 heavy (non-hydrogen) atoms. The maximum atomic E-state index is 11.9. The van der Waals surface area contributed by atoms with Crippen molar-refractivity contribution in [2.45, 2.75) is 13.3 Å². The minimum Gasteiger partial charge on any atom is -0.494 e. The molecule has 6 nitrogen and oxygen atoms in total. The van der Waals surface area contributed by atoms with Gasteiger partial charge in [0.15, 0.2) is 12.4 Å². The highest BCUT2D eigenvalue weighted by molar-refractivity contribution is 6.36. The fraction of sp³-hybridized carbons (Fsp3) is 0.235. The fourth-order valence-corrected chi connectivity index (χ4v) is 2.22. The third-order valence-electron chi connectivity index (χ3n) is 2.96. The van der Waals surface area contributed by atoms with Gasteiger partial charge in [0.1, 0.15) is 5.75 Å². The molecule has 2 aromatic rings. The number of halogens is 2. The van der Waals surface area contributed by atoms with Crippen LogP contribution in [0.5, 0.6) is 5.75 Å². The van der Waals surface area contributed by atoms with E-state index in [1.807, 2.05) is 6.92 Å². The van der Waals surface area contributed by atoms with Crippen LogP contribution in [-0.4, -0.2) is 30.1 Å². The first kappa shape index (κ1) is 19.0. The second-order valence-electron chi connectivity index (χ2n) is 4.98. The van der Waals surface area contributed by atoms with E-state index in [4.69, 9.17) is 32.7 Å². The number of anilines is 1. The first-order valence-electron chi connectivity index (χ1n) is 7.50. The van der Waals surface area contributed by atoms with Crippen LogP contribution in [0.2, 0.25) is 10.0 Å². The summed E-state index contributed by atoms with van der Waals surface area (Å²) < 4.78 is 10.4. The average Bonchev–Trinajstić information content (AvgIpc) is 2.60. The molecular weight excluding hydrogens is 367 g/mol. The van der Waals surface area contributed by atoms with Gasteiger partial charge in [-0.3, -0.25) is 4.79 Å². The van der Waals surface area contributed by atoms with Crippen molar-refractivity contribution < 1.29 is 19.1 Å². The third-order valence-corrected chi connectivity index (χ3v) is 3.46. The second-order valence-corrected chi connectivity index (χ2v) is 5.82. The molecule has 132 valence electrons. The van der Waals surface area contributed by atoms with E-state index in [2.05, 4.69) is 10.3 Å². The SMILES string of the molecule is CCCOc1ccc(C(=O)OCC(=O)Nc2ncc(Cl)cc2Cl)cc1. The number of hydrogen-bond donors (Lipinski definition) is 1. The summed E-state index contributed by atoms with van der Waals surface area (Å²) in [6.07, 6.45) is 2.24. The predicted octanol–water partition coefficient (Wildman–Crippen LogP) is 3.97. The van der Waals surface area contributed by atoms with Crippen LogP contribution < -0.4 is 10.1 Å². The Bertz CT molecular complexity index is 751. The summed E-state index contributed by atoms with van der Waals surface area (Å²) in [5.41, 5.74) is 0.319. The number of carbonyl (C=O) groups excluding carboxylic acids is 2. The highest BCUT2D eigenvalue weighted by atomic mass is 35.5. The lowest BCUT2D eigenvalue weighted by molar-refractivity contribution is -0.119. The molecule has 1 aromatic carbocycles. The fourth-order valence-electron chi connectivity index (χ4n) is 1.80. The van der Waals surface area contributed by atoms with Gasteiger partial charge in [-0.2, -0.15) is 0 Å². The van der Waals surface area contributed by atoms with Gasteiger partial charge in [-0.25, -0.2) is 9.78 Å². The molecule has 0 radical (unpaired) electrons. The lowest BCUT2D eigenvalue weighted by Crippen LogP contribution is -2.21. The second kappa shape index (κ2) is 9.25. The molecule has 1 heterocycles. The van der Waals surface area contributed by atoms with Crippen molar-refractivity contribution in [3.63, 3.8) is 0 Å². The van der Waals surface area contributed by atoms with E-state index >= 15 is 0 Å². The highest BCUT2D eigenvalue weighted by Crippen LogP contribution is 2.22. The Kier molecular flexibility index (Phi) is 7.03. The molecule has 0 bridgehead atoms. The van der Waals surface area contributed by atoms with Crippen molar-refractivity contribution in [3.05, 3.63) is 52.1 Å². The number of pyridine rings is 1. The lowest BCUT2D eigenvalue weighted by atomic mass is 10.2. The van der Waals surface area contributed by atoms with Crippen molar-refractivity contribution in [1.82, 2.24) is 4.98 Å². The zero-order valence-electron chi connectivity index (χ0n) is 13.4. The maximum Gasteiger partial charge on any atom is 0.338 e. The Balaban J connectivity index is 1.85. The Morgan fingerprint density at radius 1 is 1.20 bits per heavy atom. The minimum absolute atomic E-state index is 0.143. The molecule has 0 atom stereocenters. The van der Waals surface area contributed by atoms with Crippen LogP contribution in [0.15, 0.2) is 36.5 Å². The topological polar surface area (TPSA) is 77.5 Å². The molecule has 0 unspecified atom stereocenters. The van der Waals surface area contributed by atoms with E-state index in [9.17, 15) is 9.59 Å². The molecule has 0 saturated carbocycles. The smallest absolute Gasteiger partial charge is 0.338 e. The van der Waals surface area contributed by atoms with Crippen LogP contribution in [0.25, 0.3) is 0 Å². The number of nitrogens with one attached hydrogen (secondary N) is 1. The molecule has 0 fully saturated rings. The van der Waals surface area contributed by atoms with E-state index in [0.29, 0.717) is 22.9 Å². The molecular formula is C17H16Cl2N2O4. The van der Waals surface area contributed by atoms with E-state index in [1.54, 1.807) is 24.3 Å². The predicted molar refractivity (Wildman–Crippen MR) is 95.4 cm³/mol. The summed E-state index contributed by atoms with van der Waals surface area (Å²) in [7, 11) is 0. The van der Waals surface area contributed by atoms with Crippen LogP contribution in [0.1, 0.15) is 23.7 Å². The van der Waals surface area contributed by atoms with Crippen molar-refractivity contribution in [3.8, 4) is 5.75 Å². The molecule has 2 rings (SSSR count). The number of esters is 1. The first-order valence-corrected chi connectivity index (χ1v) is 8.26. The summed E-state index contributed by atoms with van der Waals surface area (Å²) in [6, 6.07) is 7.93. The maximum absolute atomic E-state index is 11.9. The minimum atomic E-state index is -0.618. The number of aromatic nitrogens is 1. The quantitative estimate of drug-likeness (QED) is 0.732. The highest BCUT2D eigenvalue weighted by Gasteiger charge is 2.12. The summed E-state index contributed by atoms with van der Waals surface area (Å²) in [5, 5.41) is 2.98. The molecule has 1 amide bonds. The van der Waals surface area contributed by atoms with Crippen LogP contribution in [0.3, 0.4) is 0 Å². The Morgan fingerprint density at radius 2 is 1.92 bits per heavy atom. The largest absolute Gasteiger partial charge is 0.494 e. The Labute approximate surface area is 155 Å². The molecule has 0 aliphatic rings. The third kappa shape index (κ3) is 5.92. The number of carbonyl (C=O) groups is 2. The molecule has 1 N–H and O–H groups in total. The van der Waals surface area contributed by atoms with Gasteiger partial charge < -0.3 is 14.8 Å².